The Bertz CT molecular complexity index is 1180. The molecular weight excluding hydrogens is 398 g/mol. The molecule has 2 atom stereocenters. The number of thioether (sulfide) groups is 1. The maximum absolute atomic E-state index is 11.4. The second-order valence-electron chi connectivity index (χ2n) is 7.49. The number of fused-ring (bicyclic) bond motifs is 1. The Hall–Kier alpha value is -2.99. The molecule has 4 rings (SSSR count). The van der Waals surface area contributed by atoms with Gasteiger partial charge in [-0.05, 0) is 61.4 Å². The first kappa shape index (κ1) is 20.3. The van der Waals surface area contributed by atoms with Crippen molar-refractivity contribution in [2.75, 3.05) is 6.26 Å². The highest BCUT2D eigenvalue weighted by molar-refractivity contribution is 7.99. The van der Waals surface area contributed by atoms with E-state index in [9.17, 15) is 9.90 Å². The van der Waals surface area contributed by atoms with E-state index >= 15 is 0 Å². The fraction of sp³-hybridized carbons (Fsp3) is 0.250. The number of oxazole rings is 1. The van der Waals surface area contributed by atoms with Gasteiger partial charge in [-0.1, -0.05) is 29.8 Å². The van der Waals surface area contributed by atoms with Gasteiger partial charge in [0.2, 0.25) is 0 Å². The minimum atomic E-state index is -0.795. The van der Waals surface area contributed by atoms with Crippen molar-refractivity contribution in [3.05, 3.63) is 88.8 Å². The molecule has 5 nitrogen and oxygen atoms in total. The van der Waals surface area contributed by atoms with Crippen molar-refractivity contribution in [2.24, 2.45) is 0 Å². The van der Waals surface area contributed by atoms with Crippen molar-refractivity contribution in [1.82, 2.24) is 4.98 Å². The number of carboxylic acids is 1. The summed E-state index contributed by atoms with van der Waals surface area (Å²) >= 11 is 1.35. The third kappa shape index (κ3) is 4.00. The number of hydrogen-bond donors (Lipinski definition) is 1. The first-order valence-electron chi connectivity index (χ1n) is 9.69. The van der Waals surface area contributed by atoms with Crippen LogP contribution in [0.15, 0.2) is 64.0 Å². The predicted octanol–water partition coefficient (Wildman–Crippen LogP) is 5.58. The van der Waals surface area contributed by atoms with Crippen molar-refractivity contribution >= 4 is 28.7 Å². The van der Waals surface area contributed by atoms with Gasteiger partial charge in [-0.3, -0.25) is 4.79 Å². The predicted molar refractivity (Wildman–Crippen MR) is 118 cm³/mol. The fourth-order valence-corrected chi connectivity index (χ4v) is 4.32. The summed E-state index contributed by atoms with van der Waals surface area (Å²) in [6.45, 7) is 4.15. The number of aliphatic carboxylic acids is 1. The molecule has 0 fully saturated rings. The Morgan fingerprint density at radius 1 is 1.17 bits per heavy atom. The summed E-state index contributed by atoms with van der Waals surface area (Å²) in [4.78, 5) is 15.8. The van der Waals surface area contributed by atoms with E-state index in [0.717, 1.165) is 39.1 Å². The Balaban J connectivity index is 1.77. The van der Waals surface area contributed by atoms with Crippen molar-refractivity contribution in [3.8, 4) is 0 Å². The monoisotopic (exact) mass is 421 g/mol. The number of furan rings is 1. The number of aromatic nitrogens is 1. The third-order valence-corrected chi connectivity index (χ3v) is 6.30. The summed E-state index contributed by atoms with van der Waals surface area (Å²) in [5.41, 5.74) is 5.97. The van der Waals surface area contributed by atoms with Crippen LogP contribution in [-0.4, -0.2) is 27.6 Å². The van der Waals surface area contributed by atoms with E-state index in [0.29, 0.717) is 6.42 Å². The van der Waals surface area contributed by atoms with E-state index in [1.165, 1.54) is 23.7 Å². The molecule has 4 aromatic rings. The Morgan fingerprint density at radius 2 is 2.00 bits per heavy atom. The molecule has 0 amide bonds. The molecule has 2 unspecified atom stereocenters. The minimum absolute atomic E-state index is 0.183. The maximum atomic E-state index is 11.4. The molecule has 0 saturated heterocycles. The van der Waals surface area contributed by atoms with Gasteiger partial charge < -0.3 is 13.9 Å². The number of benzene rings is 2. The quantitative estimate of drug-likeness (QED) is 0.420. The fourth-order valence-electron chi connectivity index (χ4n) is 3.76. The normalized spacial score (nSPS) is 13.4. The molecule has 2 aromatic heterocycles. The van der Waals surface area contributed by atoms with Gasteiger partial charge in [-0.25, -0.2) is 4.98 Å². The highest BCUT2D eigenvalue weighted by Gasteiger charge is 2.25. The summed E-state index contributed by atoms with van der Waals surface area (Å²) in [6, 6.07) is 14.2. The molecule has 30 heavy (non-hydrogen) atoms. The zero-order valence-electron chi connectivity index (χ0n) is 17.1. The SMILES string of the molecule is CSC(Cc1ccc2oc(C(c3cocn3)c3cc(C)ccc3C)cc2c1)C(=O)O. The minimum Gasteiger partial charge on any atom is -0.480 e. The highest BCUT2D eigenvalue weighted by atomic mass is 32.2. The Morgan fingerprint density at radius 3 is 2.70 bits per heavy atom. The number of aryl methyl sites for hydroxylation is 2. The van der Waals surface area contributed by atoms with Gasteiger partial charge in [-0.2, -0.15) is 0 Å². The largest absolute Gasteiger partial charge is 0.480 e. The second-order valence-corrected chi connectivity index (χ2v) is 8.53. The van der Waals surface area contributed by atoms with Gasteiger partial charge in [0.05, 0.1) is 11.6 Å². The van der Waals surface area contributed by atoms with Crippen molar-refractivity contribution in [1.29, 1.82) is 0 Å². The molecule has 0 spiro atoms. The van der Waals surface area contributed by atoms with E-state index in [1.54, 1.807) is 6.26 Å². The molecule has 0 aliphatic rings. The Kier molecular flexibility index (Phi) is 5.68. The number of hydrogen-bond acceptors (Lipinski definition) is 5. The number of carboxylic acid groups (broad SMARTS) is 1. The molecule has 0 radical (unpaired) electrons. The van der Waals surface area contributed by atoms with E-state index in [4.69, 9.17) is 8.83 Å². The van der Waals surface area contributed by atoms with Crippen LogP contribution < -0.4 is 0 Å². The molecule has 154 valence electrons. The lowest BCUT2D eigenvalue weighted by Gasteiger charge is -2.16. The first-order valence-corrected chi connectivity index (χ1v) is 11.0. The second kappa shape index (κ2) is 8.40. The van der Waals surface area contributed by atoms with Gasteiger partial charge in [0.15, 0.2) is 6.39 Å². The van der Waals surface area contributed by atoms with Crippen LogP contribution in [0.2, 0.25) is 0 Å². The van der Waals surface area contributed by atoms with Gasteiger partial charge in [-0.15, -0.1) is 11.8 Å². The van der Waals surface area contributed by atoms with Crippen LogP contribution in [-0.2, 0) is 11.2 Å². The van der Waals surface area contributed by atoms with E-state index < -0.39 is 11.2 Å². The van der Waals surface area contributed by atoms with E-state index in [-0.39, 0.29) is 5.92 Å². The van der Waals surface area contributed by atoms with Crippen LogP contribution in [0.4, 0.5) is 0 Å². The van der Waals surface area contributed by atoms with Crippen LogP contribution in [0.3, 0.4) is 0 Å². The molecule has 2 heterocycles. The summed E-state index contributed by atoms with van der Waals surface area (Å²) < 4.78 is 11.5. The zero-order chi connectivity index (χ0) is 21.3. The van der Waals surface area contributed by atoms with Crippen molar-refractivity contribution < 1.29 is 18.7 Å². The molecule has 0 aliphatic carbocycles. The number of rotatable bonds is 7. The van der Waals surface area contributed by atoms with Crippen LogP contribution >= 0.6 is 11.8 Å². The number of nitrogens with zero attached hydrogens (tertiary/aromatic N) is 1. The van der Waals surface area contributed by atoms with E-state index in [2.05, 4.69) is 37.0 Å². The average molecular weight is 422 g/mol. The molecule has 6 heteroatoms. The molecule has 0 aliphatic heterocycles. The van der Waals surface area contributed by atoms with Crippen molar-refractivity contribution in [2.45, 2.75) is 31.4 Å². The first-order chi connectivity index (χ1) is 14.5. The molecule has 0 saturated carbocycles. The van der Waals surface area contributed by atoms with E-state index in [1.807, 2.05) is 30.5 Å². The lowest BCUT2D eigenvalue weighted by Crippen LogP contribution is -2.18. The average Bonchev–Trinajstić information content (AvgIpc) is 3.38. The van der Waals surface area contributed by atoms with Crippen LogP contribution in [0.5, 0.6) is 0 Å². The van der Waals surface area contributed by atoms with Gasteiger partial charge in [0.1, 0.15) is 22.9 Å². The lowest BCUT2D eigenvalue weighted by molar-refractivity contribution is -0.136. The summed E-state index contributed by atoms with van der Waals surface area (Å²) in [5, 5.41) is 9.83. The lowest BCUT2D eigenvalue weighted by atomic mass is 9.89. The van der Waals surface area contributed by atoms with Crippen molar-refractivity contribution in [3.63, 3.8) is 0 Å². The van der Waals surface area contributed by atoms with Crippen LogP contribution in [0, 0.1) is 13.8 Å². The summed E-state index contributed by atoms with van der Waals surface area (Å²) in [5.74, 6) is -0.196. The summed E-state index contributed by atoms with van der Waals surface area (Å²) in [7, 11) is 0. The summed E-state index contributed by atoms with van der Waals surface area (Å²) in [6.07, 6.45) is 5.38. The highest BCUT2D eigenvalue weighted by Crippen LogP contribution is 2.36. The maximum Gasteiger partial charge on any atom is 0.316 e. The third-order valence-electron chi connectivity index (χ3n) is 5.36. The van der Waals surface area contributed by atoms with Gasteiger partial charge >= 0.3 is 5.97 Å². The molecule has 1 N–H and O–H groups in total. The van der Waals surface area contributed by atoms with Crippen LogP contribution in [0.25, 0.3) is 11.0 Å². The smallest absolute Gasteiger partial charge is 0.316 e. The molecule has 2 aromatic carbocycles. The topological polar surface area (TPSA) is 76.5 Å². The number of carbonyl (C=O) groups is 1. The Labute approximate surface area is 179 Å². The zero-order valence-corrected chi connectivity index (χ0v) is 17.9. The molecule has 0 bridgehead atoms. The van der Waals surface area contributed by atoms with Crippen LogP contribution in [0.1, 0.15) is 39.6 Å². The molecular formula is C24H23NO4S. The van der Waals surface area contributed by atoms with Gasteiger partial charge in [0, 0.05) is 5.39 Å². The standard InChI is InChI=1S/C24H23NO4S/c1-14-4-5-15(2)18(8-14)23(19-12-28-13-25-19)21-11-17-9-16(6-7-20(17)29-21)10-22(30-3)24(26)27/h4-9,11-13,22-23H,10H2,1-3H3,(H,26,27). The van der Waals surface area contributed by atoms with Gasteiger partial charge in [0.25, 0.3) is 0 Å².